The molecule has 1 aliphatic heterocycles. The van der Waals surface area contributed by atoms with E-state index in [1.165, 1.54) is 70.6 Å². The number of carbonyl (C=O) groups excluding carboxylic acids is 1. The Labute approximate surface area is 401 Å². The van der Waals surface area contributed by atoms with Gasteiger partial charge in [0.1, 0.15) is 30.5 Å². The number of ether oxygens (including phenoxy) is 4. The fraction of sp³-hybridized carbons (Fsp3) is 0.755. The van der Waals surface area contributed by atoms with E-state index < -0.39 is 59.8 Å². The fourth-order valence-electron chi connectivity index (χ4n) is 7.50. The molecule has 382 valence electrons. The summed E-state index contributed by atoms with van der Waals surface area (Å²) in [4.78, 5) is 12.9. The monoisotopic (exact) mass is 953 g/mol. The number of esters is 1. The van der Waals surface area contributed by atoms with Gasteiger partial charge in [-0.2, -0.15) is 8.42 Å². The molecular weight excluding hydrogens is 861 g/mol. The molecule has 0 radical (unpaired) electrons. The molecule has 0 aliphatic carbocycles. The van der Waals surface area contributed by atoms with Crippen LogP contribution < -0.4 is 0 Å². The van der Waals surface area contributed by atoms with Crippen LogP contribution in [0.5, 0.6) is 0 Å². The molecule has 1 rings (SSSR count). The number of hydrogen-bond acceptors (Lipinski definition) is 11. The molecule has 1 heterocycles. The average Bonchev–Trinajstić information content (AvgIpc) is 3.29. The van der Waals surface area contributed by atoms with Gasteiger partial charge in [-0.1, -0.05) is 196 Å². The van der Waals surface area contributed by atoms with Gasteiger partial charge >= 0.3 is 16.4 Å². The number of rotatable bonds is 44. The van der Waals surface area contributed by atoms with Crippen LogP contribution in [0.4, 0.5) is 0 Å². The summed E-state index contributed by atoms with van der Waals surface area (Å²) in [5, 5.41) is 30.7. The average molecular weight is 953 g/mol. The predicted octanol–water partition coefficient (Wildman–Crippen LogP) is 11.9. The third-order valence-corrected chi connectivity index (χ3v) is 11.8. The topological polar surface area (TPSA) is 178 Å². The number of hydrogen-bond donors (Lipinski definition) is 4. The molecular formula is C53H92O12S. The summed E-state index contributed by atoms with van der Waals surface area (Å²) in [7, 11) is -5.07. The molecule has 0 bridgehead atoms. The van der Waals surface area contributed by atoms with Crippen LogP contribution in [-0.2, 0) is 38.3 Å². The molecule has 1 aliphatic rings. The summed E-state index contributed by atoms with van der Waals surface area (Å²) in [6.45, 7) is 3.84. The van der Waals surface area contributed by atoms with E-state index in [1.807, 2.05) is 0 Å². The Kier molecular flexibility index (Phi) is 40.8. The zero-order chi connectivity index (χ0) is 48.2. The van der Waals surface area contributed by atoms with Crippen molar-refractivity contribution in [3.63, 3.8) is 0 Å². The maximum Gasteiger partial charge on any atom is 0.397 e. The van der Waals surface area contributed by atoms with Crippen molar-refractivity contribution in [2.75, 3.05) is 26.4 Å². The number of unbranched alkanes of at least 4 members (excludes halogenated alkanes) is 19. The van der Waals surface area contributed by atoms with Gasteiger partial charge in [0, 0.05) is 13.0 Å². The molecule has 13 heteroatoms. The Morgan fingerprint density at radius 1 is 0.591 bits per heavy atom. The van der Waals surface area contributed by atoms with E-state index in [9.17, 15) is 33.1 Å². The van der Waals surface area contributed by atoms with Crippen LogP contribution in [0.15, 0.2) is 72.9 Å². The quantitative estimate of drug-likeness (QED) is 0.0197. The van der Waals surface area contributed by atoms with Gasteiger partial charge in [0.05, 0.1) is 19.8 Å². The first-order valence-corrected chi connectivity index (χ1v) is 27.1. The van der Waals surface area contributed by atoms with E-state index in [2.05, 4.69) is 90.9 Å². The van der Waals surface area contributed by atoms with Crippen LogP contribution in [0.25, 0.3) is 0 Å². The van der Waals surface area contributed by atoms with Gasteiger partial charge in [-0.05, 0) is 64.2 Å². The highest BCUT2D eigenvalue weighted by Gasteiger charge is 2.48. The van der Waals surface area contributed by atoms with E-state index in [0.29, 0.717) is 13.0 Å². The molecule has 12 nitrogen and oxygen atoms in total. The largest absolute Gasteiger partial charge is 0.457 e. The highest BCUT2D eigenvalue weighted by Crippen LogP contribution is 2.26. The Hall–Kier alpha value is -2.46. The normalized spacial score (nSPS) is 20.1. The second-order valence-corrected chi connectivity index (χ2v) is 18.4. The smallest absolute Gasteiger partial charge is 0.397 e. The number of carbonyl (C=O) groups is 1. The standard InChI is InChI=1S/C53H92O12S/c1-3-5-7-9-11-13-15-17-19-20-21-22-23-24-25-26-27-29-31-33-35-37-39-41-43-61-45-47(46-62-53-51(57)52(65-66(58,59)60)50(56)48(44-54)64-53)63-49(55)42-40-38-36-34-32-30-28-18-16-14-12-10-8-6-4-2/h5,7,11,13,17,19,21-22,24-25,27,29,47-48,50-54,56-57H,3-4,6,8-10,12,14-16,18,20,23,26,28,30-46H2,1-2H3,(H,58,59,60)/b7-5-,13-11-,19-17-,22-21-,25-24-,29-27-. The van der Waals surface area contributed by atoms with Gasteiger partial charge in [0.2, 0.25) is 0 Å². The van der Waals surface area contributed by atoms with Crippen molar-refractivity contribution in [2.24, 2.45) is 0 Å². The first-order chi connectivity index (χ1) is 32.1. The molecule has 1 fully saturated rings. The third kappa shape index (κ3) is 36.6. The van der Waals surface area contributed by atoms with Crippen molar-refractivity contribution in [1.29, 1.82) is 0 Å². The van der Waals surface area contributed by atoms with Gasteiger partial charge in [-0.25, -0.2) is 4.18 Å². The van der Waals surface area contributed by atoms with Crippen molar-refractivity contribution < 1.29 is 56.2 Å². The zero-order valence-electron chi connectivity index (χ0n) is 41.0. The lowest BCUT2D eigenvalue weighted by atomic mass is 9.99. The van der Waals surface area contributed by atoms with E-state index in [1.54, 1.807) is 0 Å². The van der Waals surface area contributed by atoms with Crippen LogP contribution in [0.2, 0.25) is 0 Å². The Bertz CT molecular complexity index is 1420. The SMILES string of the molecule is CC/C=C\C/C=C\C/C=C\C/C=C\C/C=C\C/C=C\CCCCCCCOCC(COC1OC(CO)C(O)C(OS(=O)(=O)O)C1O)OC(=O)CCCCCCCCCCCCCCCCC. The molecule has 0 saturated carbocycles. The molecule has 0 amide bonds. The molecule has 0 aromatic carbocycles. The summed E-state index contributed by atoms with van der Waals surface area (Å²) in [5.41, 5.74) is 0. The minimum atomic E-state index is -5.07. The number of allylic oxidation sites excluding steroid dienone is 12. The van der Waals surface area contributed by atoms with Crippen molar-refractivity contribution in [3.8, 4) is 0 Å². The number of aliphatic hydroxyl groups is 3. The maximum atomic E-state index is 12.9. The van der Waals surface area contributed by atoms with Crippen LogP contribution in [-0.4, -0.2) is 97.5 Å². The molecule has 6 unspecified atom stereocenters. The van der Waals surface area contributed by atoms with Crippen LogP contribution in [0.3, 0.4) is 0 Å². The van der Waals surface area contributed by atoms with Crippen molar-refractivity contribution in [2.45, 2.75) is 230 Å². The fourth-order valence-corrected chi connectivity index (χ4v) is 8.01. The van der Waals surface area contributed by atoms with E-state index in [-0.39, 0.29) is 19.6 Å². The highest BCUT2D eigenvalue weighted by atomic mass is 32.3. The first kappa shape index (κ1) is 61.6. The molecule has 6 atom stereocenters. The Morgan fingerprint density at radius 2 is 1.05 bits per heavy atom. The molecule has 0 spiro atoms. The highest BCUT2D eigenvalue weighted by molar-refractivity contribution is 7.80. The van der Waals surface area contributed by atoms with Crippen molar-refractivity contribution in [1.82, 2.24) is 0 Å². The minimum Gasteiger partial charge on any atom is -0.457 e. The lowest BCUT2D eigenvalue weighted by Crippen LogP contribution is -2.60. The molecule has 1 saturated heterocycles. The molecule has 0 aromatic heterocycles. The van der Waals surface area contributed by atoms with Gasteiger partial charge < -0.3 is 34.3 Å². The third-order valence-electron chi connectivity index (χ3n) is 11.3. The maximum absolute atomic E-state index is 12.9. The summed E-state index contributed by atoms with van der Waals surface area (Å²) in [5.74, 6) is -0.407. The lowest BCUT2D eigenvalue weighted by Gasteiger charge is -2.41. The van der Waals surface area contributed by atoms with E-state index in [4.69, 9.17) is 18.9 Å². The summed E-state index contributed by atoms with van der Waals surface area (Å²) in [6.07, 6.45) is 47.9. The second-order valence-electron chi connectivity index (χ2n) is 17.4. The predicted molar refractivity (Wildman–Crippen MR) is 266 cm³/mol. The van der Waals surface area contributed by atoms with Gasteiger partial charge in [0.15, 0.2) is 6.29 Å². The molecule has 0 aromatic rings. The van der Waals surface area contributed by atoms with Gasteiger partial charge in [0.25, 0.3) is 0 Å². The zero-order valence-corrected chi connectivity index (χ0v) is 41.8. The van der Waals surface area contributed by atoms with Gasteiger partial charge in [-0.3, -0.25) is 9.35 Å². The summed E-state index contributed by atoms with van der Waals surface area (Å²) >= 11 is 0. The Morgan fingerprint density at radius 3 is 1.53 bits per heavy atom. The minimum absolute atomic E-state index is 0.0209. The number of aliphatic hydroxyl groups excluding tert-OH is 3. The van der Waals surface area contributed by atoms with E-state index in [0.717, 1.165) is 96.3 Å². The summed E-state index contributed by atoms with van der Waals surface area (Å²) < 4.78 is 59.2. The Balaban J connectivity index is 2.37. The van der Waals surface area contributed by atoms with Crippen molar-refractivity contribution in [3.05, 3.63) is 72.9 Å². The molecule has 4 N–H and O–H groups in total. The van der Waals surface area contributed by atoms with Crippen LogP contribution in [0, 0.1) is 0 Å². The van der Waals surface area contributed by atoms with Gasteiger partial charge in [-0.15, -0.1) is 0 Å². The second kappa shape index (κ2) is 43.8. The van der Waals surface area contributed by atoms with Crippen molar-refractivity contribution >= 4 is 16.4 Å². The first-order valence-electron chi connectivity index (χ1n) is 25.7. The molecule has 66 heavy (non-hydrogen) atoms. The summed E-state index contributed by atoms with van der Waals surface area (Å²) in [6, 6.07) is 0. The van der Waals surface area contributed by atoms with Crippen LogP contribution in [0.1, 0.15) is 194 Å². The van der Waals surface area contributed by atoms with Crippen LogP contribution >= 0.6 is 0 Å². The van der Waals surface area contributed by atoms with E-state index >= 15 is 0 Å². The lowest BCUT2D eigenvalue weighted by molar-refractivity contribution is -0.301.